The molecule has 0 aliphatic carbocycles. The van der Waals surface area contributed by atoms with Crippen LogP contribution in [0.25, 0.3) is 0 Å². The van der Waals surface area contributed by atoms with E-state index in [1.54, 1.807) is 38.3 Å². The lowest BCUT2D eigenvalue weighted by Crippen LogP contribution is -2.39. The molecule has 3 aromatic carbocycles. The van der Waals surface area contributed by atoms with Crippen LogP contribution in [-0.4, -0.2) is 19.1 Å². The number of rotatable bonds is 7. The summed E-state index contributed by atoms with van der Waals surface area (Å²) in [6.07, 6.45) is -0.636. The fraction of sp³-hybridized carbons (Fsp3) is 0.208. The first-order valence-corrected chi connectivity index (χ1v) is 9.30. The van der Waals surface area contributed by atoms with Crippen LogP contribution in [0.2, 0.25) is 0 Å². The summed E-state index contributed by atoms with van der Waals surface area (Å²) >= 11 is 0. The van der Waals surface area contributed by atoms with E-state index in [-0.39, 0.29) is 11.9 Å². The lowest BCUT2D eigenvalue weighted by molar-refractivity contribution is -0.127. The van der Waals surface area contributed by atoms with Gasteiger partial charge in [-0.25, -0.2) is 0 Å². The highest BCUT2D eigenvalue weighted by atomic mass is 16.5. The summed E-state index contributed by atoms with van der Waals surface area (Å²) in [5.41, 5.74) is 3.22. The molecule has 0 radical (unpaired) electrons. The third-order valence-corrected chi connectivity index (χ3v) is 4.66. The molecule has 0 bridgehead atoms. The van der Waals surface area contributed by atoms with Gasteiger partial charge in [-0.2, -0.15) is 0 Å². The van der Waals surface area contributed by atoms with Crippen LogP contribution in [-0.2, 0) is 4.79 Å². The van der Waals surface area contributed by atoms with E-state index < -0.39 is 6.10 Å². The van der Waals surface area contributed by atoms with Crippen molar-refractivity contribution in [2.75, 3.05) is 7.11 Å². The first kappa shape index (κ1) is 19.5. The third kappa shape index (κ3) is 4.71. The number of benzene rings is 3. The second kappa shape index (κ2) is 9.09. The van der Waals surface area contributed by atoms with Crippen LogP contribution < -0.4 is 14.8 Å². The van der Waals surface area contributed by atoms with E-state index in [9.17, 15) is 4.79 Å². The smallest absolute Gasteiger partial charge is 0.261 e. The van der Waals surface area contributed by atoms with E-state index in [0.29, 0.717) is 5.75 Å². The molecule has 28 heavy (non-hydrogen) atoms. The average Bonchev–Trinajstić information content (AvgIpc) is 2.73. The monoisotopic (exact) mass is 375 g/mol. The Hall–Kier alpha value is -3.27. The van der Waals surface area contributed by atoms with Gasteiger partial charge in [0.25, 0.3) is 5.91 Å². The lowest BCUT2D eigenvalue weighted by Gasteiger charge is -2.24. The Morgan fingerprint density at radius 3 is 2.11 bits per heavy atom. The number of carbonyl (C=O) groups is 1. The van der Waals surface area contributed by atoms with E-state index in [1.807, 2.05) is 48.5 Å². The number of amides is 1. The second-order valence-corrected chi connectivity index (χ2v) is 6.64. The van der Waals surface area contributed by atoms with E-state index >= 15 is 0 Å². The molecular formula is C24H25NO3. The topological polar surface area (TPSA) is 47.6 Å². The van der Waals surface area contributed by atoms with E-state index in [4.69, 9.17) is 9.47 Å². The molecule has 0 saturated carbocycles. The number of hydrogen-bond acceptors (Lipinski definition) is 3. The number of aryl methyl sites for hydroxylation is 1. The Morgan fingerprint density at radius 1 is 0.857 bits per heavy atom. The molecule has 3 rings (SSSR count). The minimum absolute atomic E-state index is 0.173. The number of carbonyl (C=O) groups excluding carboxylic acids is 1. The van der Waals surface area contributed by atoms with Crippen LogP contribution >= 0.6 is 0 Å². The van der Waals surface area contributed by atoms with Crippen LogP contribution in [0.5, 0.6) is 11.5 Å². The molecular weight excluding hydrogens is 350 g/mol. The third-order valence-electron chi connectivity index (χ3n) is 4.66. The molecule has 4 heteroatoms. The van der Waals surface area contributed by atoms with Gasteiger partial charge < -0.3 is 14.8 Å². The van der Waals surface area contributed by atoms with Gasteiger partial charge in [-0.3, -0.25) is 4.79 Å². The maximum absolute atomic E-state index is 12.9. The predicted molar refractivity (Wildman–Crippen MR) is 111 cm³/mol. The summed E-state index contributed by atoms with van der Waals surface area (Å²) in [6, 6.07) is 25.0. The lowest BCUT2D eigenvalue weighted by atomic mass is 9.95. The molecule has 0 unspecified atom stereocenters. The molecule has 0 heterocycles. The van der Waals surface area contributed by atoms with Gasteiger partial charge in [0, 0.05) is 0 Å². The molecule has 0 spiro atoms. The molecule has 0 aliphatic rings. The van der Waals surface area contributed by atoms with Crippen molar-refractivity contribution in [1.82, 2.24) is 5.32 Å². The SMILES string of the molecule is COc1ccc(O[C@@H](C)C(=O)N[C@@H](c2ccccc2)c2ccccc2C)cc1. The van der Waals surface area contributed by atoms with Crippen molar-refractivity contribution >= 4 is 5.91 Å². The summed E-state index contributed by atoms with van der Waals surface area (Å²) in [4.78, 5) is 12.9. The van der Waals surface area contributed by atoms with Gasteiger partial charge in [-0.05, 0) is 54.8 Å². The first-order valence-electron chi connectivity index (χ1n) is 9.30. The van der Waals surface area contributed by atoms with Crippen molar-refractivity contribution in [3.05, 3.63) is 95.6 Å². The van der Waals surface area contributed by atoms with Crippen LogP contribution in [0.1, 0.15) is 29.7 Å². The standard InChI is InChI=1S/C24H25NO3/c1-17-9-7-8-12-22(17)23(19-10-5-4-6-11-19)25-24(26)18(2)28-21-15-13-20(27-3)14-16-21/h4-16,18,23H,1-3H3,(H,25,26)/t18-,23-/m0/s1. The summed E-state index contributed by atoms with van der Waals surface area (Å²) in [6.45, 7) is 3.80. The highest BCUT2D eigenvalue weighted by molar-refractivity contribution is 5.81. The van der Waals surface area contributed by atoms with Gasteiger partial charge in [-0.15, -0.1) is 0 Å². The maximum Gasteiger partial charge on any atom is 0.261 e. The molecule has 1 N–H and O–H groups in total. The van der Waals surface area contributed by atoms with E-state index in [1.165, 1.54) is 0 Å². The largest absolute Gasteiger partial charge is 0.497 e. The molecule has 0 aliphatic heterocycles. The summed E-state index contributed by atoms with van der Waals surface area (Å²) in [5.74, 6) is 1.19. The van der Waals surface area contributed by atoms with Crippen molar-refractivity contribution in [3.8, 4) is 11.5 Å². The molecule has 0 saturated heterocycles. The van der Waals surface area contributed by atoms with Gasteiger partial charge in [0.15, 0.2) is 6.10 Å². The van der Waals surface area contributed by atoms with Crippen molar-refractivity contribution in [1.29, 1.82) is 0 Å². The van der Waals surface area contributed by atoms with Gasteiger partial charge in [0.05, 0.1) is 13.2 Å². The molecule has 0 aromatic heterocycles. The molecule has 3 aromatic rings. The van der Waals surface area contributed by atoms with Crippen LogP contribution in [0, 0.1) is 6.92 Å². The Kier molecular flexibility index (Phi) is 6.33. The average molecular weight is 375 g/mol. The van der Waals surface area contributed by atoms with Crippen molar-refractivity contribution in [2.24, 2.45) is 0 Å². The fourth-order valence-corrected chi connectivity index (χ4v) is 3.07. The Bertz CT molecular complexity index is 907. The number of hydrogen-bond donors (Lipinski definition) is 1. The number of methoxy groups -OCH3 is 1. The van der Waals surface area contributed by atoms with Crippen molar-refractivity contribution in [2.45, 2.75) is 26.0 Å². The highest BCUT2D eigenvalue weighted by Crippen LogP contribution is 2.25. The summed E-state index contributed by atoms with van der Waals surface area (Å²) in [5, 5.41) is 3.14. The fourth-order valence-electron chi connectivity index (χ4n) is 3.07. The molecule has 144 valence electrons. The van der Waals surface area contributed by atoms with Crippen LogP contribution in [0.3, 0.4) is 0 Å². The summed E-state index contributed by atoms with van der Waals surface area (Å²) in [7, 11) is 1.61. The van der Waals surface area contributed by atoms with Crippen LogP contribution in [0.15, 0.2) is 78.9 Å². The van der Waals surface area contributed by atoms with Crippen molar-refractivity contribution < 1.29 is 14.3 Å². The first-order chi connectivity index (χ1) is 13.6. The van der Waals surface area contributed by atoms with Gasteiger partial charge in [-0.1, -0.05) is 54.6 Å². The zero-order valence-corrected chi connectivity index (χ0v) is 16.4. The zero-order chi connectivity index (χ0) is 19.9. The van der Waals surface area contributed by atoms with Gasteiger partial charge in [0.1, 0.15) is 11.5 Å². The van der Waals surface area contributed by atoms with Gasteiger partial charge >= 0.3 is 0 Å². The van der Waals surface area contributed by atoms with Crippen LogP contribution in [0.4, 0.5) is 0 Å². The van der Waals surface area contributed by atoms with Gasteiger partial charge in [0.2, 0.25) is 0 Å². The predicted octanol–water partition coefficient (Wildman–Crippen LogP) is 4.68. The Labute approximate surface area is 166 Å². The second-order valence-electron chi connectivity index (χ2n) is 6.64. The molecule has 4 nitrogen and oxygen atoms in total. The zero-order valence-electron chi connectivity index (χ0n) is 16.4. The minimum Gasteiger partial charge on any atom is -0.497 e. The summed E-state index contributed by atoms with van der Waals surface area (Å²) < 4.78 is 11.0. The minimum atomic E-state index is -0.636. The quantitative estimate of drug-likeness (QED) is 0.652. The maximum atomic E-state index is 12.9. The Morgan fingerprint density at radius 2 is 1.46 bits per heavy atom. The molecule has 2 atom stereocenters. The normalized spacial score (nSPS) is 12.7. The van der Waals surface area contributed by atoms with E-state index in [2.05, 4.69) is 18.3 Å². The molecule has 0 fully saturated rings. The number of ether oxygens (including phenoxy) is 2. The molecule has 1 amide bonds. The van der Waals surface area contributed by atoms with Crippen molar-refractivity contribution in [3.63, 3.8) is 0 Å². The highest BCUT2D eigenvalue weighted by Gasteiger charge is 2.22. The number of nitrogens with one attached hydrogen (secondary N) is 1. The van der Waals surface area contributed by atoms with E-state index in [0.717, 1.165) is 22.4 Å². The Balaban J connectivity index is 1.78.